The summed E-state index contributed by atoms with van der Waals surface area (Å²) in [6.07, 6.45) is 3.46. The van der Waals surface area contributed by atoms with E-state index in [0.717, 1.165) is 15.6 Å². The van der Waals surface area contributed by atoms with Crippen LogP contribution >= 0.6 is 34.5 Å². The van der Waals surface area contributed by atoms with E-state index in [4.69, 9.17) is 23.2 Å². The van der Waals surface area contributed by atoms with E-state index < -0.39 is 12.0 Å². The minimum atomic E-state index is -0.982. The number of carbonyl (C=O) groups excluding carboxylic acids is 2. The Bertz CT molecular complexity index is 1310. The van der Waals surface area contributed by atoms with Gasteiger partial charge in [-0.15, -0.1) is 11.3 Å². The number of carboxylic acids is 1. The molecule has 6 nitrogen and oxygen atoms in total. The molecule has 0 radical (unpaired) electrons. The summed E-state index contributed by atoms with van der Waals surface area (Å²) < 4.78 is 0.914. The van der Waals surface area contributed by atoms with Crippen LogP contribution in [0.3, 0.4) is 0 Å². The van der Waals surface area contributed by atoms with Crippen LogP contribution in [0.15, 0.2) is 53.9 Å². The first kappa shape index (κ1) is 26.2. The van der Waals surface area contributed by atoms with Gasteiger partial charge in [-0.05, 0) is 52.4 Å². The Hall–Kier alpha value is -2.87. The van der Waals surface area contributed by atoms with E-state index >= 15 is 0 Å². The lowest BCUT2D eigenvalue weighted by Crippen LogP contribution is -2.47. The Balaban J connectivity index is 1.39. The third-order valence-corrected chi connectivity index (χ3v) is 8.45. The van der Waals surface area contributed by atoms with E-state index in [-0.39, 0.29) is 30.1 Å². The maximum Gasteiger partial charge on any atom is 0.305 e. The van der Waals surface area contributed by atoms with E-state index in [0.29, 0.717) is 35.1 Å². The molecule has 2 aromatic carbocycles. The van der Waals surface area contributed by atoms with Gasteiger partial charge in [0.25, 0.3) is 0 Å². The molecule has 2 heterocycles. The number of fused-ring (bicyclic) bond motifs is 1. The van der Waals surface area contributed by atoms with Gasteiger partial charge in [-0.25, -0.2) is 0 Å². The molecule has 0 bridgehead atoms. The smallest absolute Gasteiger partial charge is 0.305 e. The van der Waals surface area contributed by atoms with Gasteiger partial charge in [0.15, 0.2) is 0 Å². The van der Waals surface area contributed by atoms with E-state index in [1.54, 1.807) is 23.1 Å². The second kappa shape index (κ2) is 11.5. The molecule has 1 fully saturated rings. The Kier molecular flexibility index (Phi) is 8.34. The maximum absolute atomic E-state index is 13.1. The van der Waals surface area contributed by atoms with Crippen molar-refractivity contribution in [1.29, 1.82) is 0 Å². The Morgan fingerprint density at radius 1 is 1.19 bits per heavy atom. The lowest BCUT2D eigenvalue weighted by Gasteiger charge is -2.36. The number of halogens is 2. The molecule has 36 heavy (non-hydrogen) atoms. The normalized spacial score (nSPS) is 18.9. The molecule has 2 amide bonds. The number of hydrogen-bond donors (Lipinski definition) is 2. The Labute approximate surface area is 223 Å². The van der Waals surface area contributed by atoms with Crippen molar-refractivity contribution in [2.24, 2.45) is 11.8 Å². The highest BCUT2D eigenvalue weighted by Gasteiger charge is 2.34. The molecular formula is C27H26Cl2N2O4S. The van der Waals surface area contributed by atoms with Gasteiger partial charge in [0, 0.05) is 25.1 Å². The van der Waals surface area contributed by atoms with Crippen LogP contribution in [0.5, 0.6) is 0 Å². The summed E-state index contributed by atoms with van der Waals surface area (Å²) in [5.41, 5.74) is 1.42. The van der Waals surface area contributed by atoms with Crippen LogP contribution in [-0.2, 0) is 14.4 Å². The van der Waals surface area contributed by atoms with E-state index in [2.05, 4.69) is 5.32 Å². The van der Waals surface area contributed by atoms with Gasteiger partial charge < -0.3 is 15.3 Å². The predicted octanol–water partition coefficient (Wildman–Crippen LogP) is 6.04. The van der Waals surface area contributed by atoms with Gasteiger partial charge in [-0.2, -0.15) is 0 Å². The molecule has 1 aliphatic rings. The molecule has 4 rings (SSSR count). The molecule has 1 saturated heterocycles. The number of nitrogens with zero attached hydrogens (tertiary/aromatic N) is 1. The molecule has 1 aliphatic heterocycles. The fourth-order valence-electron chi connectivity index (χ4n) is 4.58. The molecule has 0 aliphatic carbocycles. The van der Waals surface area contributed by atoms with Crippen LogP contribution in [0, 0.1) is 11.8 Å². The lowest BCUT2D eigenvalue weighted by atomic mass is 9.85. The lowest BCUT2D eigenvalue weighted by molar-refractivity contribution is -0.139. The van der Waals surface area contributed by atoms with Gasteiger partial charge >= 0.3 is 5.97 Å². The van der Waals surface area contributed by atoms with Crippen molar-refractivity contribution in [3.05, 3.63) is 75.1 Å². The zero-order chi connectivity index (χ0) is 25.8. The van der Waals surface area contributed by atoms with Crippen molar-refractivity contribution < 1.29 is 19.5 Å². The monoisotopic (exact) mass is 544 g/mol. The van der Waals surface area contributed by atoms with Crippen molar-refractivity contribution in [3.63, 3.8) is 0 Å². The Morgan fingerprint density at radius 2 is 1.94 bits per heavy atom. The molecule has 3 aromatic rings. The molecular weight excluding hydrogens is 519 g/mol. The van der Waals surface area contributed by atoms with Crippen molar-refractivity contribution in [2.75, 3.05) is 13.1 Å². The van der Waals surface area contributed by atoms with Gasteiger partial charge in [-0.3, -0.25) is 14.4 Å². The number of piperidine rings is 1. The Morgan fingerprint density at radius 3 is 2.64 bits per heavy atom. The fourth-order valence-corrected chi connectivity index (χ4v) is 6.02. The number of carboxylic acid groups (broad SMARTS) is 1. The van der Waals surface area contributed by atoms with E-state index in [9.17, 15) is 19.5 Å². The first-order chi connectivity index (χ1) is 17.2. The number of carbonyl (C=O) groups is 3. The summed E-state index contributed by atoms with van der Waals surface area (Å²) in [5.74, 6) is -1.73. The first-order valence-electron chi connectivity index (χ1n) is 11.6. The van der Waals surface area contributed by atoms with Crippen LogP contribution in [0.1, 0.15) is 36.9 Å². The molecule has 0 spiro atoms. The topological polar surface area (TPSA) is 86.7 Å². The quantitative estimate of drug-likeness (QED) is 0.355. The third-order valence-electron chi connectivity index (χ3n) is 6.51. The number of aliphatic carboxylic acids is 1. The number of nitrogens with one attached hydrogen (secondary N) is 1. The van der Waals surface area contributed by atoms with Gasteiger partial charge in [0.1, 0.15) is 0 Å². The second-order valence-electron chi connectivity index (χ2n) is 8.99. The zero-order valence-electron chi connectivity index (χ0n) is 19.6. The second-order valence-corrected chi connectivity index (χ2v) is 10.7. The van der Waals surface area contributed by atoms with Crippen molar-refractivity contribution >= 4 is 68.5 Å². The first-order valence-corrected chi connectivity index (χ1v) is 13.3. The maximum atomic E-state index is 13.1. The highest BCUT2D eigenvalue weighted by atomic mass is 35.5. The molecule has 0 saturated carbocycles. The largest absolute Gasteiger partial charge is 0.481 e. The van der Waals surface area contributed by atoms with Crippen molar-refractivity contribution in [3.8, 4) is 0 Å². The molecule has 3 atom stereocenters. The average Bonchev–Trinajstić information content (AvgIpc) is 3.33. The van der Waals surface area contributed by atoms with Crippen molar-refractivity contribution in [2.45, 2.75) is 25.8 Å². The molecule has 2 unspecified atom stereocenters. The van der Waals surface area contributed by atoms with Crippen LogP contribution in [0.2, 0.25) is 10.0 Å². The standard InChI is InChI=1S/C27H26Cl2N2O4S/c1-16-15-31(22(32)8-7-18-13-19-10-12-36-26(19)25(29)24(18)28)11-9-20(16)27(35)30-21(14-23(33)34)17-5-3-2-4-6-17/h2-8,10,12-13,16,20-21H,9,11,14-15H2,1H3,(H,30,35)(H,33,34)/b8-7+/t16?,20?,21-/m1/s1. The van der Waals surface area contributed by atoms with Crippen LogP contribution in [0.4, 0.5) is 0 Å². The van der Waals surface area contributed by atoms with Gasteiger partial charge in [-0.1, -0.05) is 60.5 Å². The number of amides is 2. The summed E-state index contributed by atoms with van der Waals surface area (Å²) in [4.78, 5) is 39.0. The summed E-state index contributed by atoms with van der Waals surface area (Å²) in [7, 11) is 0. The predicted molar refractivity (Wildman–Crippen MR) is 144 cm³/mol. The number of thiophene rings is 1. The fraction of sp³-hybridized carbons (Fsp3) is 0.296. The molecule has 188 valence electrons. The minimum absolute atomic E-state index is 0.0856. The van der Waals surface area contributed by atoms with Crippen LogP contribution < -0.4 is 5.32 Å². The van der Waals surface area contributed by atoms with Gasteiger partial charge in [0.2, 0.25) is 11.8 Å². The van der Waals surface area contributed by atoms with Crippen LogP contribution in [-0.4, -0.2) is 40.9 Å². The molecule has 1 aromatic heterocycles. The molecule has 9 heteroatoms. The summed E-state index contributed by atoms with van der Waals surface area (Å²) >= 11 is 14.3. The van der Waals surface area contributed by atoms with Crippen molar-refractivity contribution in [1.82, 2.24) is 10.2 Å². The number of likely N-dealkylation sites (tertiary alicyclic amines) is 1. The zero-order valence-corrected chi connectivity index (χ0v) is 21.9. The summed E-state index contributed by atoms with van der Waals surface area (Å²) in [5, 5.41) is 16.0. The number of hydrogen-bond acceptors (Lipinski definition) is 4. The number of rotatable bonds is 7. The SMILES string of the molecule is CC1CN(C(=O)/C=C/c2cc3ccsc3c(Cl)c2Cl)CCC1C(=O)N[C@H](CC(=O)O)c1ccccc1. The van der Waals surface area contributed by atoms with Gasteiger partial charge in [0.05, 0.1) is 27.2 Å². The van der Waals surface area contributed by atoms with E-state index in [1.807, 2.05) is 42.6 Å². The van der Waals surface area contributed by atoms with Crippen LogP contribution in [0.25, 0.3) is 16.2 Å². The summed E-state index contributed by atoms with van der Waals surface area (Å²) in [6.45, 7) is 2.79. The average molecular weight is 545 g/mol. The molecule has 2 N–H and O–H groups in total. The third kappa shape index (κ3) is 5.91. The highest BCUT2D eigenvalue weighted by Crippen LogP contribution is 2.37. The number of benzene rings is 2. The minimum Gasteiger partial charge on any atom is -0.481 e. The summed E-state index contributed by atoms with van der Waals surface area (Å²) in [6, 6.07) is 12.3. The van der Waals surface area contributed by atoms with E-state index in [1.165, 1.54) is 17.4 Å². The highest BCUT2D eigenvalue weighted by molar-refractivity contribution is 7.18.